The fourth-order valence-electron chi connectivity index (χ4n) is 5.31. The molecule has 0 radical (unpaired) electrons. The van der Waals surface area contributed by atoms with Gasteiger partial charge in [-0.1, -0.05) is 11.6 Å². The summed E-state index contributed by atoms with van der Waals surface area (Å²) in [6.07, 6.45) is 1.10. The maximum atomic E-state index is 14.5. The second-order valence-corrected chi connectivity index (χ2v) is 9.79. The number of rotatable bonds is 6. The lowest BCUT2D eigenvalue weighted by atomic mass is 9.95. The molecule has 3 fully saturated rings. The van der Waals surface area contributed by atoms with Crippen molar-refractivity contribution in [1.82, 2.24) is 9.88 Å². The Morgan fingerprint density at radius 3 is 2.34 bits per heavy atom. The maximum Gasteiger partial charge on any atom is 0.417 e. The molecule has 5 rings (SSSR count). The van der Waals surface area contributed by atoms with Crippen LogP contribution in [0.25, 0.3) is 0 Å². The van der Waals surface area contributed by atoms with Crippen molar-refractivity contribution < 1.29 is 32.2 Å². The fourth-order valence-corrected chi connectivity index (χ4v) is 5.52. The van der Waals surface area contributed by atoms with Gasteiger partial charge in [-0.25, -0.2) is 14.2 Å². The van der Waals surface area contributed by atoms with Gasteiger partial charge in [0.05, 0.1) is 11.1 Å². The summed E-state index contributed by atoms with van der Waals surface area (Å²) in [5, 5.41) is 9.12. The molecular weight excluding hydrogens is 511 g/mol. The molecule has 1 aromatic carbocycles. The summed E-state index contributed by atoms with van der Waals surface area (Å²) >= 11 is 6.01. The molecule has 2 aliphatic heterocycles. The highest BCUT2D eigenvalue weighted by atomic mass is 35.5. The lowest BCUT2D eigenvalue weighted by Gasteiger charge is -2.39. The van der Waals surface area contributed by atoms with Crippen LogP contribution >= 0.6 is 24.0 Å². The van der Waals surface area contributed by atoms with Gasteiger partial charge in [0.15, 0.2) is 0 Å². The molecule has 5 nitrogen and oxygen atoms in total. The molecule has 2 aromatic rings. The normalized spacial score (nSPS) is 24.2. The zero-order chi connectivity index (χ0) is 24.2. The number of fused-ring (bicyclic) bond motifs is 2. The second kappa shape index (κ2) is 9.75. The third-order valence-corrected chi connectivity index (χ3v) is 7.35. The van der Waals surface area contributed by atoms with E-state index in [1.54, 1.807) is 0 Å². The highest BCUT2D eigenvalue weighted by Crippen LogP contribution is 2.45. The van der Waals surface area contributed by atoms with Gasteiger partial charge in [-0.15, -0.1) is 12.4 Å². The fraction of sp³-hybridized carbons (Fsp3) is 0.500. The molecule has 1 aromatic heterocycles. The first kappa shape index (κ1) is 26.0. The zero-order valence-corrected chi connectivity index (χ0v) is 20.1. The average molecular weight is 535 g/mol. The lowest BCUT2D eigenvalue weighted by Crippen LogP contribution is -2.46. The van der Waals surface area contributed by atoms with E-state index in [1.807, 2.05) is 0 Å². The highest BCUT2D eigenvalue weighted by molar-refractivity contribution is 6.31. The second-order valence-electron chi connectivity index (χ2n) is 9.39. The van der Waals surface area contributed by atoms with Crippen molar-refractivity contribution in [3.05, 3.63) is 57.5 Å². The number of aromatic carboxylic acids is 1. The molecule has 2 unspecified atom stereocenters. The summed E-state index contributed by atoms with van der Waals surface area (Å²) < 4.78 is 59.0. The minimum atomic E-state index is -4.53. The average Bonchev–Trinajstić information content (AvgIpc) is 3.56. The first-order valence-corrected chi connectivity index (χ1v) is 11.7. The molecule has 3 heterocycles. The number of hydrogen-bond acceptors (Lipinski definition) is 4. The van der Waals surface area contributed by atoms with Crippen LogP contribution in [0.15, 0.2) is 24.4 Å². The first-order valence-electron chi connectivity index (χ1n) is 11.3. The van der Waals surface area contributed by atoms with Crippen molar-refractivity contribution in [3.8, 4) is 5.88 Å². The van der Waals surface area contributed by atoms with Crippen LogP contribution in [-0.2, 0) is 12.7 Å². The van der Waals surface area contributed by atoms with Crippen LogP contribution in [0, 0.1) is 5.82 Å². The molecule has 2 atom stereocenters. The smallest absolute Gasteiger partial charge is 0.417 e. The van der Waals surface area contributed by atoms with Crippen LogP contribution in [0.4, 0.5) is 17.6 Å². The van der Waals surface area contributed by atoms with E-state index in [-0.39, 0.29) is 53.0 Å². The SMILES string of the molecule is Cl.O=C(O)c1cc(C2CC2)c(CN2C3CCC2CC(Oc2ncc(C(F)(F)F)cc2Cl)C3)cc1F. The van der Waals surface area contributed by atoms with Gasteiger partial charge in [0.25, 0.3) is 0 Å². The number of ether oxygens (including phenoxy) is 1. The Hall–Kier alpha value is -2.10. The van der Waals surface area contributed by atoms with E-state index < -0.39 is 23.5 Å². The largest absolute Gasteiger partial charge is 0.478 e. The van der Waals surface area contributed by atoms with E-state index in [2.05, 4.69) is 9.88 Å². The predicted octanol–water partition coefficient (Wildman–Crippen LogP) is 6.46. The molecule has 1 aliphatic carbocycles. The van der Waals surface area contributed by atoms with Crippen LogP contribution in [0.1, 0.15) is 71.5 Å². The molecule has 1 saturated carbocycles. The Balaban J connectivity index is 0.00000289. The minimum Gasteiger partial charge on any atom is -0.478 e. The Kier molecular flexibility index (Phi) is 7.23. The van der Waals surface area contributed by atoms with Gasteiger partial charge in [-0.3, -0.25) is 4.90 Å². The Morgan fingerprint density at radius 2 is 1.80 bits per heavy atom. The van der Waals surface area contributed by atoms with Crippen LogP contribution in [0.5, 0.6) is 5.88 Å². The molecule has 0 amide bonds. The highest BCUT2D eigenvalue weighted by Gasteiger charge is 2.42. The van der Waals surface area contributed by atoms with Crippen LogP contribution in [0.2, 0.25) is 5.02 Å². The standard InChI is InChI=1S/C24H23ClF4N2O3.ClH/c25-20-6-14(24(27,28)29)10-30-22(20)34-17-7-15-3-4-16(8-17)31(15)11-13-5-21(26)19(23(32)33)9-18(13)12-1-2-12;/h5-6,9-10,12,15-17H,1-4,7-8,11H2,(H,32,33);1H. The molecule has 3 aliphatic rings. The van der Waals surface area contributed by atoms with Crippen molar-refractivity contribution in [3.63, 3.8) is 0 Å². The molecule has 2 saturated heterocycles. The summed E-state index contributed by atoms with van der Waals surface area (Å²) in [4.78, 5) is 17.5. The van der Waals surface area contributed by atoms with Gasteiger partial charge in [0.2, 0.25) is 5.88 Å². The molecular formula is C24H24Cl2F4N2O3. The Morgan fingerprint density at radius 1 is 1.14 bits per heavy atom. The minimum absolute atomic E-state index is 0. The number of piperidine rings is 1. The van der Waals surface area contributed by atoms with Crippen molar-refractivity contribution in [1.29, 1.82) is 0 Å². The third kappa shape index (κ3) is 5.37. The first-order chi connectivity index (χ1) is 16.1. The van der Waals surface area contributed by atoms with Crippen molar-refractivity contribution in [2.75, 3.05) is 0 Å². The number of aromatic nitrogens is 1. The number of benzene rings is 1. The third-order valence-electron chi connectivity index (χ3n) is 7.08. The summed E-state index contributed by atoms with van der Waals surface area (Å²) in [7, 11) is 0. The Bertz CT molecular complexity index is 1110. The molecule has 0 spiro atoms. The van der Waals surface area contributed by atoms with Crippen LogP contribution in [-0.4, -0.2) is 39.1 Å². The van der Waals surface area contributed by atoms with Crippen LogP contribution < -0.4 is 4.74 Å². The van der Waals surface area contributed by atoms with E-state index in [4.69, 9.17) is 16.3 Å². The summed E-state index contributed by atoms with van der Waals surface area (Å²) in [5.41, 5.74) is 0.528. The number of carbonyl (C=O) groups is 1. The lowest BCUT2D eigenvalue weighted by molar-refractivity contribution is -0.137. The van der Waals surface area contributed by atoms with Gasteiger partial charge in [0.1, 0.15) is 16.9 Å². The van der Waals surface area contributed by atoms with Gasteiger partial charge in [-0.2, -0.15) is 13.2 Å². The molecule has 190 valence electrons. The van der Waals surface area contributed by atoms with Gasteiger partial charge in [-0.05, 0) is 73.8 Å². The van der Waals surface area contributed by atoms with Crippen molar-refractivity contribution in [2.24, 2.45) is 0 Å². The van der Waals surface area contributed by atoms with Gasteiger partial charge < -0.3 is 9.84 Å². The van der Waals surface area contributed by atoms with Crippen molar-refractivity contribution in [2.45, 2.75) is 75.4 Å². The predicted molar refractivity (Wildman–Crippen MR) is 123 cm³/mol. The molecule has 35 heavy (non-hydrogen) atoms. The van der Waals surface area contributed by atoms with Gasteiger partial charge >= 0.3 is 12.1 Å². The summed E-state index contributed by atoms with van der Waals surface area (Å²) in [6, 6.07) is 4.02. The number of nitrogens with zero attached hydrogens (tertiary/aromatic N) is 2. The van der Waals surface area contributed by atoms with E-state index in [9.17, 15) is 27.5 Å². The van der Waals surface area contributed by atoms with E-state index in [0.717, 1.165) is 49.1 Å². The summed E-state index contributed by atoms with van der Waals surface area (Å²) in [5.74, 6) is -1.71. The number of carboxylic acid groups (broad SMARTS) is 1. The molecule has 1 N–H and O–H groups in total. The molecule has 2 bridgehead atoms. The molecule has 11 heteroatoms. The monoisotopic (exact) mass is 534 g/mol. The number of alkyl halides is 3. The topological polar surface area (TPSA) is 62.7 Å². The number of hydrogen-bond donors (Lipinski definition) is 1. The van der Waals surface area contributed by atoms with E-state index in [0.29, 0.717) is 19.4 Å². The number of halogens is 6. The number of pyridine rings is 1. The summed E-state index contributed by atoms with van der Waals surface area (Å²) in [6.45, 7) is 0.532. The van der Waals surface area contributed by atoms with Crippen molar-refractivity contribution >= 4 is 30.0 Å². The van der Waals surface area contributed by atoms with E-state index >= 15 is 0 Å². The Labute approximate surface area is 210 Å². The quantitative estimate of drug-likeness (QED) is 0.430. The number of carboxylic acids is 1. The van der Waals surface area contributed by atoms with Gasteiger partial charge in [0, 0.05) is 24.8 Å². The maximum absolute atomic E-state index is 14.5. The van der Waals surface area contributed by atoms with E-state index in [1.165, 1.54) is 12.1 Å². The van der Waals surface area contributed by atoms with Crippen LogP contribution in [0.3, 0.4) is 0 Å². The zero-order valence-electron chi connectivity index (χ0n) is 18.5.